The number of ether oxygens (including phenoxy) is 2. The van der Waals surface area contributed by atoms with Gasteiger partial charge in [0.2, 0.25) is 0 Å². The molecule has 0 aliphatic rings. The number of rotatable bonds is 4. The van der Waals surface area contributed by atoms with Crippen LogP contribution in [0, 0.1) is 24.7 Å². The second-order valence-electron chi connectivity index (χ2n) is 3.67. The SMILES string of the molecule is C#Cc1cc(C(=O)OCC)c(C#C)cc1C(=O)OCC. The van der Waals surface area contributed by atoms with Crippen LogP contribution in [0.1, 0.15) is 45.7 Å². The van der Waals surface area contributed by atoms with E-state index in [2.05, 4.69) is 11.8 Å². The van der Waals surface area contributed by atoms with Gasteiger partial charge in [-0.15, -0.1) is 12.8 Å². The number of esters is 2. The molecule has 0 aliphatic carbocycles. The van der Waals surface area contributed by atoms with Crippen molar-refractivity contribution in [1.82, 2.24) is 0 Å². The lowest BCUT2D eigenvalue weighted by Crippen LogP contribution is -2.12. The Morgan fingerprint density at radius 2 is 1.30 bits per heavy atom. The third-order valence-electron chi connectivity index (χ3n) is 2.46. The van der Waals surface area contributed by atoms with Gasteiger partial charge < -0.3 is 9.47 Å². The normalized spacial score (nSPS) is 9.20. The molecule has 4 heteroatoms. The Labute approximate surface area is 118 Å². The maximum Gasteiger partial charge on any atom is 0.339 e. The van der Waals surface area contributed by atoms with E-state index in [0.29, 0.717) is 0 Å². The molecule has 1 rings (SSSR count). The number of hydrogen-bond donors (Lipinski definition) is 0. The first-order valence-corrected chi connectivity index (χ1v) is 6.04. The highest BCUT2D eigenvalue weighted by atomic mass is 16.5. The fraction of sp³-hybridized carbons (Fsp3) is 0.250. The van der Waals surface area contributed by atoms with Crippen LogP contribution in [-0.2, 0) is 9.47 Å². The van der Waals surface area contributed by atoms with Crippen molar-refractivity contribution in [2.24, 2.45) is 0 Å². The summed E-state index contributed by atoms with van der Waals surface area (Å²) in [6.45, 7) is 3.80. The number of carbonyl (C=O) groups is 2. The number of hydrogen-bond acceptors (Lipinski definition) is 4. The first-order valence-electron chi connectivity index (χ1n) is 6.04. The second kappa shape index (κ2) is 7.01. The number of terminal acetylenes is 2. The quantitative estimate of drug-likeness (QED) is 0.620. The van der Waals surface area contributed by atoms with Crippen LogP contribution in [0.15, 0.2) is 12.1 Å². The van der Waals surface area contributed by atoms with E-state index in [4.69, 9.17) is 22.3 Å². The first kappa shape index (κ1) is 15.3. The Morgan fingerprint density at radius 1 is 0.950 bits per heavy atom. The van der Waals surface area contributed by atoms with Crippen molar-refractivity contribution in [3.05, 3.63) is 34.4 Å². The second-order valence-corrected chi connectivity index (χ2v) is 3.67. The Bertz CT molecular complexity index is 559. The van der Waals surface area contributed by atoms with Gasteiger partial charge in [0.25, 0.3) is 0 Å². The molecule has 0 unspecified atom stereocenters. The molecule has 0 bridgehead atoms. The lowest BCUT2D eigenvalue weighted by atomic mass is 9.99. The predicted molar refractivity (Wildman–Crippen MR) is 74.2 cm³/mol. The Kier molecular flexibility index (Phi) is 5.38. The maximum absolute atomic E-state index is 11.8. The number of benzene rings is 1. The van der Waals surface area contributed by atoms with E-state index in [1.54, 1.807) is 13.8 Å². The molecular weight excluding hydrogens is 256 g/mol. The summed E-state index contributed by atoms with van der Waals surface area (Å²) in [4.78, 5) is 23.6. The summed E-state index contributed by atoms with van der Waals surface area (Å²) >= 11 is 0. The molecule has 0 saturated carbocycles. The summed E-state index contributed by atoms with van der Waals surface area (Å²) in [5, 5.41) is 0. The maximum atomic E-state index is 11.8. The molecule has 0 atom stereocenters. The third kappa shape index (κ3) is 3.18. The van der Waals surface area contributed by atoms with Gasteiger partial charge in [0.05, 0.1) is 24.3 Å². The van der Waals surface area contributed by atoms with Gasteiger partial charge in [0.1, 0.15) is 0 Å². The zero-order valence-electron chi connectivity index (χ0n) is 11.4. The van der Waals surface area contributed by atoms with Gasteiger partial charge in [-0.3, -0.25) is 0 Å². The predicted octanol–water partition coefficient (Wildman–Crippen LogP) is 2.00. The van der Waals surface area contributed by atoms with E-state index < -0.39 is 11.9 Å². The molecule has 1 aromatic rings. The van der Waals surface area contributed by atoms with E-state index in [-0.39, 0.29) is 35.5 Å². The molecule has 0 saturated heterocycles. The van der Waals surface area contributed by atoms with Gasteiger partial charge in [0, 0.05) is 11.1 Å². The van der Waals surface area contributed by atoms with Crippen molar-refractivity contribution >= 4 is 11.9 Å². The lowest BCUT2D eigenvalue weighted by molar-refractivity contribution is 0.0511. The minimum atomic E-state index is -0.577. The average Bonchev–Trinajstić information content (AvgIpc) is 2.46. The molecule has 0 spiro atoms. The summed E-state index contributed by atoms with van der Waals surface area (Å²) in [7, 11) is 0. The van der Waals surface area contributed by atoms with Crippen LogP contribution < -0.4 is 0 Å². The molecule has 102 valence electrons. The van der Waals surface area contributed by atoms with Gasteiger partial charge >= 0.3 is 11.9 Å². The van der Waals surface area contributed by atoms with Crippen molar-refractivity contribution < 1.29 is 19.1 Å². The summed E-state index contributed by atoms with van der Waals surface area (Å²) in [5.41, 5.74) is 0.807. The van der Waals surface area contributed by atoms with Crippen LogP contribution in [0.25, 0.3) is 0 Å². The fourth-order valence-electron chi connectivity index (χ4n) is 1.59. The summed E-state index contributed by atoms with van der Waals surface area (Å²) in [5.74, 6) is 3.54. The van der Waals surface area contributed by atoms with E-state index in [1.165, 1.54) is 12.1 Å². The van der Waals surface area contributed by atoms with Crippen LogP contribution in [-0.4, -0.2) is 25.2 Å². The zero-order valence-corrected chi connectivity index (χ0v) is 11.4. The van der Waals surface area contributed by atoms with E-state index in [1.807, 2.05) is 0 Å². The fourth-order valence-corrected chi connectivity index (χ4v) is 1.59. The van der Waals surface area contributed by atoms with E-state index in [0.717, 1.165) is 0 Å². The topological polar surface area (TPSA) is 52.6 Å². The first-order chi connectivity index (χ1) is 9.58. The Morgan fingerprint density at radius 3 is 1.55 bits per heavy atom. The molecule has 0 aromatic heterocycles. The van der Waals surface area contributed by atoms with Crippen molar-refractivity contribution in [3.8, 4) is 24.7 Å². The van der Waals surface area contributed by atoms with E-state index >= 15 is 0 Å². The van der Waals surface area contributed by atoms with Crippen molar-refractivity contribution in [1.29, 1.82) is 0 Å². The average molecular weight is 270 g/mol. The molecule has 0 fully saturated rings. The highest BCUT2D eigenvalue weighted by Gasteiger charge is 2.19. The van der Waals surface area contributed by atoms with Gasteiger partial charge in [-0.05, 0) is 26.0 Å². The van der Waals surface area contributed by atoms with Crippen LogP contribution in [0.3, 0.4) is 0 Å². The summed E-state index contributed by atoms with van der Waals surface area (Å²) < 4.78 is 9.80. The van der Waals surface area contributed by atoms with Gasteiger partial charge in [0.15, 0.2) is 0 Å². The van der Waals surface area contributed by atoms with Gasteiger partial charge in [-0.25, -0.2) is 9.59 Å². The summed E-state index contributed by atoms with van der Waals surface area (Å²) in [6.07, 6.45) is 10.7. The molecule has 1 aromatic carbocycles. The van der Waals surface area contributed by atoms with Crippen LogP contribution in [0.2, 0.25) is 0 Å². The Balaban J connectivity index is 3.40. The highest BCUT2D eigenvalue weighted by Crippen LogP contribution is 2.18. The minimum Gasteiger partial charge on any atom is -0.462 e. The molecule has 0 radical (unpaired) electrons. The smallest absolute Gasteiger partial charge is 0.339 e. The molecule has 4 nitrogen and oxygen atoms in total. The molecule has 0 amide bonds. The molecule has 0 aliphatic heterocycles. The van der Waals surface area contributed by atoms with Crippen LogP contribution in [0.5, 0.6) is 0 Å². The molecule has 20 heavy (non-hydrogen) atoms. The summed E-state index contributed by atoms with van der Waals surface area (Å²) in [6, 6.07) is 2.75. The highest BCUT2D eigenvalue weighted by molar-refractivity contribution is 5.98. The van der Waals surface area contributed by atoms with Crippen molar-refractivity contribution in [3.63, 3.8) is 0 Å². The lowest BCUT2D eigenvalue weighted by Gasteiger charge is -2.09. The largest absolute Gasteiger partial charge is 0.462 e. The molecule has 0 heterocycles. The molecular formula is C16H14O4. The Hall–Kier alpha value is -2.72. The monoisotopic (exact) mass is 270 g/mol. The third-order valence-corrected chi connectivity index (χ3v) is 2.46. The standard InChI is InChI=1S/C16H14O4/c1-5-11-9-14(16(18)20-8-4)12(6-2)10-13(11)15(17)19-7-3/h1-2,9-10H,7-8H2,3-4H3. The minimum absolute atomic E-state index is 0.162. The molecule has 0 N–H and O–H groups in total. The van der Waals surface area contributed by atoms with Crippen LogP contribution >= 0.6 is 0 Å². The van der Waals surface area contributed by atoms with Gasteiger partial charge in [-0.2, -0.15) is 0 Å². The zero-order chi connectivity index (χ0) is 15.1. The number of carbonyl (C=O) groups excluding carboxylic acids is 2. The van der Waals surface area contributed by atoms with Crippen molar-refractivity contribution in [2.45, 2.75) is 13.8 Å². The van der Waals surface area contributed by atoms with Crippen LogP contribution in [0.4, 0.5) is 0 Å². The van der Waals surface area contributed by atoms with Gasteiger partial charge in [-0.1, -0.05) is 11.8 Å². The van der Waals surface area contributed by atoms with Crippen molar-refractivity contribution in [2.75, 3.05) is 13.2 Å². The van der Waals surface area contributed by atoms with E-state index in [9.17, 15) is 9.59 Å².